The summed E-state index contributed by atoms with van der Waals surface area (Å²) in [5, 5.41) is 9.77. The zero-order valence-corrected chi connectivity index (χ0v) is 11.5. The van der Waals surface area contributed by atoms with Crippen LogP contribution in [0.2, 0.25) is 0 Å². The van der Waals surface area contributed by atoms with E-state index >= 15 is 0 Å². The first-order chi connectivity index (χ1) is 8.56. The third-order valence-corrected chi connectivity index (χ3v) is 3.17. The third-order valence-electron chi connectivity index (χ3n) is 2.30. The summed E-state index contributed by atoms with van der Waals surface area (Å²) in [7, 11) is 0. The summed E-state index contributed by atoms with van der Waals surface area (Å²) in [5.74, 6) is -0.812. The van der Waals surface area contributed by atoms with E-state index in [1.165, 1.54) is 6.20 Å². The van der Waals surface area contributed by atoms with Crippen LogP contribution in [0.25, 0.3) is 5.65 Å². The summed E-state index contributed by atoms with van der Waals surface area (Å²) in [6.07, 6.45) is 2.57. The van der Waals surface area contributed by atoms with Gasteiger partial charge in [0.05, 0.1) is 10.2 Å². The van der Waals surface area contributed by atoms with Crippen LogP contribution in [0.3, 0.4) is 0 Å². The Morgan fingerprint density at radius 1 is 1.61 bits per heavy atom. The van der Waals surface area contributed by atoms with E-state index in [4.69, 9.17) is 4.74 Å². The van der Waals surface area contributed by atoms with Crippen molar-refractivity contribution in [3.05, 3.63) is 37.9 Å². The maximum absolute atomic E-state index is 12.0. The summed E-state index contributed by atoms with van der Waals surface area (Å²) in [4.78, 5) is 27.5. The summed E-state index contributed by atoms with van der Waals surface area (Å²) in [6.45, 7) is 1.83. The molecule has 0 amide bonds. The average molecular weight is 360 g/mol. The molecule has 7 heteroatoms. The van der Waals surface area contributed by atoms with Crippen molar-refractivity contribution in [3.8, 4) is 5.75 Å². The molecule has 1 N–H and O–H groups in total. The summed E-state index contributed by atoms with van der Waals surface area (Å²) in [5.41, 5.74) is -0.611. The smallest absolute Gasteiger partial charge is 0.345 e. The number of esters is 1. The Morgan fingerprint density at radius 2 is 2.33 bits per heavy atom. The van der Waals surface area contributed by atoms with Crippen molar-refractivity contribution >= 4 is 34.2 Å². The number of rotatable bonds is 2. The molecule has 0 bridgehead atoms. The maximum atomic E-state index is 12.0. The molecular formula is C11H9IN2O4. The fourth-order valence-electron chi connectivity index (χ4n) is 1.46. The highest BCUT2D eigenvalue weighted by Gasteiger charge is 2.16. The van der Waals surface area contributed by atoms with Crippen LogP contribution >= 0.6 is 22.6 Å². The minimum Gasteiger partial charge on any atom is -0.504 e. The number of halogens is 1. The van der Waals surface area contributed by atoms with Crippen molar-refractivity contribution in [3.63, 3.8) is 0 Å². The van der Waals surface area contributed by atoms with Gasteiger partial charge in [0.2, 0.25) is 0 Å². The molecular weight excluding hydrogens is 351 g/mol. The highest BCUT2D eigenvalue weighted by atomic mass is 127. The molecule has 0 aliphatic carbocycles. The summed E-state index contributed by atoms with van der Waals surface area (Å²) >= 11 is 1.92. The molecule has 2 aromatic heterocycles. The van der Waals surface area contributed by atoms with Crippen LogP contribution in [0.1, 0.15) is 17.3 Å². The normalized spacial score (nSPS) is 10.6. The average Bonchev–Trinajstić information content (AvgIpc) is 2.34. The van der Waals surface area contributed by atoms with Crippen molar-refractivity contribution in [1.29, 1.82) is 0 Å². The quantitative estimate of drug-likeness (QED) is 0.643. The third kappa shape index (κ3) is 2.05. The number of carbonyl (C=O) groups is 1. The van der Waals surface area contributed by atoms with E-state index in [2.05, 4.69) is 4.98 Å². The number of aromatic nitrogens is 2. The SMILES string of the molecule is CCOC(=O)c1cnc2c(O)c(I)ccn2c1=O. The molecule has 2 heterocycles. The second-order valence-corrected chi connectivity index (χ2v) is 4.57. The Hall–Kier alpha value is -1.64. The van der Waals surface area contributed by atoms with Gasteiger partial charge in [0, 0.05) is 12.4 Å². The van der Waals surface area contributed by atoms with Gasteiger partial charge < -0.3 is 9.84 Å². The lowest BCUT2D eigenvalue weighted by molar-refractivity contribution is 0.0523. The van der Waals surface area contributed by atoms with Crippen molar-refractivity contribution in [1.82, 2.24) is 9.38 Å². The van der Waals surface area contributed by atoms with Crippen LogP contribution in [0.15, 0.2) is 23.3 Å². The van der Waals surface area contributed by atoms with Crippen LogP contribution in [-0.4, -0.2) is 27.1 Å². The van der Waals surface area contributed by atoms with E-state index in [-0.39, 0.29) is 23.6 Å². The van der Waals surface area contributed by atoms with Crippen LogP contribution in [0.4, 0.5) is 0 Å². The van der Waals surface area contributed by atoms with Crippen molar-refractivity contribution in [2.24, 2.45) is 0 Å². The number of carbonyl (C=O) groups excluding carboxylic acids is 1. The molecule has 0 aliphatic rings. The predicted octanol–water partition coefficient (Wildman–Crippen LogP) is 1.18. The van der Waals surface area contributed by atoms with E-state index < -0.39 is 11.5 Å². The fraction of sp³-hybridized carbons (Fsp3) is 0.182. The molecule has 0 spiro atoms. The zero-order chi connectivity index (χ0) is 13.3. The first-order valence-corrected chi connectivity index (χ1v) is 6.20. The highest BCUT2D eigenvalue weighted by Crippen LogP contribution is 2.22. The number of pyridine rings is 1. The van der Waals surface area contributed by atoms with Gasteiger partial charge in [-0.3, -0.25) is 9.20 Å². The lowest BCUT2D eigenvalue weighted by Gasteiger charge is -2.06. The molecule has 0 saturated carbocycles. The van der Waals surface area contributed by atoms with Gasteiger partial charge in [-0.1, -0.05) is 0 Å². The second kappa shape index (κ2) is 4.92. The van der Waals surface area contributed by atoms with Gasteiger partial charge in [-0.15, -0.1) is 0 Å². The van der Waals surface area contributed by atoms with E-state index in [9.17, 15) is 14.7 Å². The van der Waals surface area contributed by atoms with Gasteiger partial charge in [0.1, 0.15) is 5.56 Å². The van der Waals surface area contributed by atoms with Crippen molar-refractivity contribution < 1.29 is 14.6 Å². The number of fused-ring (bicyclic) bond motifs is 1. The number of nitrogens with zero attached hydrogens (tertiary/aromatic N) is 2. The first kappa shape index (κ1) is 12.8. The molecule has 2 aromatic rings. The minimum atomic E-state index is -0.720. The largest absolute Gasteiger partial charge is 0.504 e. The molecule has 94 valence electrons. The molecule has 18 heavy (non-hydrogen) atoms. The van der Waals surface area contributed by atoms with E-state index in [1.807, 2.05) is 22.6 Å². The molecule has 0 fully saturated rings. The molecule has 0 aliphatic heterocycles. The number of hydrogen-bond donors (Lipinski definition) is 1. The van der Waals surface area contributed by atoms with Gasteiger partial charge >= 0.3 is 5.97 Å². The number of ether oxygens (including phenoxy) is 1. The fourth-order valence-corrected chi connectivity index (χ4v) is 1.86. The van der Waals surface area contributed by atoms with Crippen LogP contribution in [0.5, 0.6) is 5.75 Å². The summed E-state index contributed by atoms with van der Waals surface area (Å²) < 4.78 is 6.44. The molecule has 0 unspecified atom stereocenters. The Morgan fingerprint density at radius 3 is 3.00 bits per heavy atom. The van der Waals surface area contributed by atoms with Gasteiger partial charge in [-0.05, 0) is 35.6 Å². The number of hydrogen-bond acceptors (Lipinski definition) is 5. The first-order valence-electron chi connectivity index (χ1n) is 5.12. The predicted molar refractivity (Wildman–Crippen MR) is 71.8 cm³/mol. The molecule has 0 aromatic carbocycles. The second-order valence-electron chi connectivity index (χ2n) is 3.40. The van der Waals surface area contributed by atoms with Crippen LogP contribution in [-0.2, 0) is 4.74 Å². The van der Waals surface area contributed by atoms with Gasteiger partial charge in [-0.2, -0.15) is 0 Å². The molecule has 0 radical (unpaired) electrons. The molecule has 2 rings (SSSR count). The molecule has 0 saturated heterocycles. The van der Waals surface area contributed by atoms with Gasteiger partial charge in [0.25, 0.3) is 5.56 Å². The van der Waals surface area contributed by atoms with Crippen molar-refractivity contribution in [2.45, 2.75) is 6.92 Å². The molecule has 0 atom stereocenters. The number of aromatic hydroxyl groups is 1. The Kier molecular flexibility index (Phi) is 3.50. The lowest BCUT2D eigenvalue weighted by Crippen LogP contribution is -2.24. The Labute approximate surface area is 115 Å². The highest BCUT2D eigenvalue weighted by molar-refractivity contribution is 14.1. The van der Waals surface area contributed by atoms with Crippen LogP contribution in [0, 0.1) is 3.57 Å². The maximum Gasteiger partial charge on any atom is 0.345 e. The van der Waals surface area contributed by atoms with Crippen molar-refractivity contribution in [2.75, 3.05) is 6.61 Å². The standard InChI is InChI=1S/C11H9IN2O4/c1-2-18-11(17)6-5-13-9-8(15)7(12)3-4-14(9)10(6)16/h3-5,15H,2H2,1H3. The van der Waals surface area contributed by atoms with Crippen LogP contribution < -0.4 is 5.56 Å². The van der Waals surface area contributed by atoms with E-state index in [0.29, 0.717) is 3.57 Å². The van der Waals surface area contributed by atoms with Gasteiger partial charge in [-0.25, -0.2) is 9.78 Å². The minimum absolute atomic E-state index is 0.0920. The van der Waals surface area contributed by atoms with Gasteiger partial charge in [0.15, 0.2) is 11.4 Å². The Balaban J connectivity index is 2.70. The topological polar surface area (TPSA) is 80.9 Å². The zero-order valence-electron chi connectivity index (χ0n) is 9.38. The molecule has 6 nitrogen and oxygen atoms in total. The Bertz CT molecular complexity index is 681. The summed E-state index contributed by atoms with van der Waals surface area (Å²) in [6, 6.07) is 1.56. The van der Waals surface area contributed by atoms with E-state index in [1.54, 1.807) is 13.0 Å². The van der Waals surface area contributed by atoms with E-state index in [0.717, 1.165) is 10.6 Å². The monoisotopic (exact) mass is 360 g/mol. The lowest BCUT2D eigenvalue weighted by atomic mass is 10.3.